The smallest absolute Gasteiger partial charge is 0.235 e. The minimum Gasteiger partial charge on any atom is -0.459 e. The topological polar surface area (TPSA) is 97.4 Å². The lowest BCUT2D eigenvalue weighted by atomic mass is 10.2. The Kier molecular flexibility index (Phi) is 5.62. The van der Waals surface area contributed by atoms with E-state index < -0.39 is 0 Å². The van der Waals surface area contributed by atoms with Crippen LogP contribution in [0.4, 0.5) is 5.82 Å². The van der Waals surface area contributed by atoms with E-state index in [-0.39, 0.29) is 29.4 Å². The second-order valence-corrected chi connectivity index (χ2v) is 6.83. The van der Waals surface area contributed by atoms with Crippen molar-refractivity contribution in [2.45, 2.75) is 19.9 Å². The molecule has 3 aromatic rings. The number of anilines is 1. The van der Waals surface area contributed by atoms with Crippen LogP contribution in [0.25, 0.3) is 11.0 Å². The summed E-state index contributed by atoms with van der Waals surface area (Å²) >= 11 is 1.22. The van der Waals surface area contributed by atoms with Crippen LogP contribution in [0.1, 0.15) is 24.5 Å². The lowest BCUT2D eigenvalue weighted by molar-refractivity contribution is -0.119. The van der Waals surface area contributed by atoms with E-state index in [1.54, 1.807) is 13.0 Å². The number of fused-ring (bicyclic) bond motifs is 1. The van der Waals surface area contributed by atoms with E-state index >= 15 is 0 Å². The van der Waals surface area contributed by atoms with Crippen molar-refractivity contribution in [2.24, 2.45) is 0 Å². The molecule has 8 heteroatoms. The van der Waals surface area contributed by atoms with Crippen molar-refractivity contribution in [2.75, 3.05) is 16.8 Å². The second kappa shape index (κ2) is 8.09. The second-order valence-electron chi connectivity index (χ2n) is 5.84. The average molecular weight is 373 g/mol. The van der Waals surface area contributed by atoms with E-state index in [0.29, 0.717) is 17.3 Å². The highest BCUT2D eigenvalue weighted by molar-refractivity contribution is 8.00. The Morgan fingerprint density at radius 3 is 2.69 bits per heavy atom. The third-order valence-corrected chi connectivity index (χ3v) is 4.54. The highest BCUT2D eigenvalue weighted by Gasteiger charge is 2.15. The normalized spacial score (nSPS) is 12.1. The molecular weight excluding hydrogens is 354 g/mol. The van der Waals surface area contributed by atoms with Gasteiger partial charge in [0.05, 0.1) is 17.5 Å². The molecule has 2 aromatic heterocycles. The summed E-state index contributed by atoms with van der Waals surface area (Å²) < 4.78 is 10.6. The number of carbonyl (C=O) groups excluding carboxylic acids is 2. The molecule has 0 saturated carbocycles. The summed E-state index contributed by atoms with van der Waals surface area (Å²) in [6.07, 6.45) is 0. The van der Waals surface area contributed by atoms with E-state index in [4.69, 9.17) is 8.94 Å². The maximum atomic E-state index is 12.1. The summed E-state index contributed by atoms with van der Waals surface area (Å²) in [6, 6.07) is 11.0. The van der Waals surface area contributed by atoms with E-state index in [1.165, 1.54) is 11.8 Å². The van der Waals surface area contributed by atoms with E-state index in [2.05, 4.69) is 15.8 Å². The van der Waals surface area contributed by atoms with Crippen molar-refractivity contribution in [3.05, 3.63) is 47.9 Å². The fourth-order valence-corrected chi connectivity index (χ4v) is 3.04. The van der Waals surface area contributed by atoms with Crippen molar-refractivity contribution in [1.82, 2.24) is 10.5 Å². The number of para-hydroxylation sites is 1. The van der Waals surface area contributed by atoms with Gasteiger partial charge in [-0.05, 0) is 26.0 Å². The number of thioether (sulfide) groups is 1. The van der Waals surface area contributed by atoms with Crippen LogP contribution in [0.2, 0.25) is 0 Å². The maximum absolute atomic E-state index is 12.1. The zero-order chi connectivity index (χ0) is 18.5. The first kappa shape index (κ1) is 18.1. The molecule has 0 aliphatic heterocycles. The van der Waals surface area contributed by atoms with Gasteiger partial charge in [-0.2, -0.15) is 0 Å². The summed E-state index contributed by atoms with van der Waals surface area (Å²) in [4.78, 5) is 23.8. The number of benzene rings is 1. The van der Waals surface area contributed by atoms with Crippen molar-refractivity contribution < 1.29 is 18.5 Å². The van der Waals surface area contributed by atoms with Crippen LogP contribution in [0, 0.1) is 6.92 Å². The maximum Gasteiger partial charge on any atom is 0.235 e. The minimum absolute atomic E-state index is 0.151. The molecule has 136 valence electrons. The number of amides is 2. The fourth-order valence-electron chi connectivity index (χ4n) is 2.41. The number of nitrogens with zero attached hydrogens (tertiary/aromatic N) is 1. The van der Waals surface area contributed by atoms with Crippen LogP contribution >= 0.6 is 11.8 Å². The molecule has 2 N–H and O–H groups in total. The summed E-state index contributed by atoms with van der Waals surface area (Å²) in [5.74, 6) is 1.62. The van der Waals surface area contributed by atoms with Crippen LogP contribution in [-0.4, -0.2) is 28.5 Å². The number of rotatable bonds is 7. The van der Waals surface area contributed by atoms with Crippen LogP contribution in [0.3, 0.4) is 0 Å². The molecule has 0 spiro atoms. The van der Waals surface area contributed by atoms with Crippen molar-refractivity contribution in [3.8, 4) is 0 Å². The van der Waals surface area contributed by atoms with Crippen molar-refractivity contribution in [1.29, 1.82) is 0 Å². The van der Waals surface area contributed by atoms with Gasteiger partial charge in [-0.25, -0.2) is 0 Å². The van der Waals surface area contributed by atoms with Gasteiger partial charge in [0.15, 0.2) is 5.82 Å². The van der Waals surface area contributed by atoms with Crippen LogP contribution < -0.4 is 10.6 Å². The lowest BCUT2D eigenvalue weighted by Gasteiger charge is -2.11. The molecule has 0 aliphatic rings. The van der Waals surface area contributed by atoms with Gasteiger partial charge in [0.25, 0.3) is 0 Å². The minimum atomic E-state index is -0.248. The van der Waals surface area contributed by atoms with Crippen LogP contribution in [-0.2, 0) is 9.59 Å². The molecular formula is C18H19N3O4S. The van der Waals surface area contributed by atoms with Gasteiger partial charge in [0.1, 0.15) is 17.1 Å². The molecule has 26 heavy (non-hydrogen) atoms. The van der Waals surface area contributed by atoms with Gasteiger partial charge in [0.2, 0.25) is 11.8 Å². The third kappa shape index (κ3) is 4.66. The van der Waals surface area contributed by atoms with Gasteiger partial charge in [0, 0.05) is 11.5 Å². The molecule has 2 heterocycles. The predicted octanol–water partition coefficient (Wildman–Crippen LogP) is 3.28. The van der Waals surface area contributed by atoms with Gasteiger partial charge in [-0.3, -0.25) is 9.59 Å². The molecule has 3 rings (SSSR count). The number of aromatic nitrogens is 1. The van der Waals surface area contributed by atoms with E-state index in [9.17, 15) is 9.59 Å². The molecule has 7 nitrogen and oxygen atoms in total. The van der Waals surface area contributed by atoms with E-state index in [1.807, 2.05) is 37.3 Å². The molecule has 0 aliphatic carbocycles. The summed E-state index contributed by atoms with van der Waals surface area (Å²) in [5, 5.41) is 10.2. The first-order valence-electron chi connectivity index (χ1n) is 8.10. The summed E-state index contributed by atoms with van der Waals surface area (Å²) in [7, 11) is 0. The monoisotopic (exact) mass is 373 g/mol. The Morgan fingerprint density at radius 2 is 1.96 bits per heavy atom. The fraction of sp³-hybridized carbons (Fsp3) is 0.278. The lowest BCUT2D eigenvalue weighted by Crippen LogP contribution is -2.28. The molecule has 2 amide bonds. The Bertz CT molecular complexity index is 885. The molecule has 0 saturated heterocycles. The molecule has 0 bridgehead atoms. The van der Waals surface area contributed by atoms with Gasteiger partial charge in [-0.1, -0.05) is 23.4 Å². The number of carbonyl (C=O) groups is 2. The Balaban J connectivity index is 1.42. The number of hydrogen-bond acceptors (Lipinski definition) is 6. The van der Waals surface area contributed by atoms with Crippen molar-refractivity contribution >= 4 is 40.4 Å². The summed E-state index contributed by atoms with van der Waals surface area (Å²) in [6.45, 7) is 3.60. The van der Waals surface area contributed by atoms with Crippen LogP contribution in [0.15, 0.2) is 45.3 Å². The number of furan rings is 1. The van der Waals surface area contributed by atoms with Gasteiger partial charge < -0.3 is 19.6 Å². The highest BCUT2D eigenvalue weighted by atomic mass is 32.2. The number of nitrogens with one attached hydrogen (secondary N) is 2. The Morgan fingerprint density at radius 1 is 1.19 bits per heavy atom. The molecule has 1 aromatic carbocycles. The third-order valence-electron chi connectivity index (χ3n) is 3.61. The largest absolute Gasteiger partial charge is 0.459 e. The summed E-state index contributed by atoms with van der Waals surface area (Å²) in [5.41, 5.74) is 0.790. The first-order chi connectivity index (χ1) is 12.5. The van der Waals surface area contributed by atoms with E-state index in [0.717, 1.165) is 11.0 Å². The number of aryl methyl sites for hydroxylation is 1. The zero-order valence-corrected chi connectivity index (χ0v) is 15.3. The molecule has 0 radical (unpaired) electrons. The van der Waals surface area contributed by atoms with Crippen LogP contribution in [0.5, 0.6) is 0 Å². The first-order valence-corrected chi connectivity index (χ1v) is 9.25. The number of hydrogen-bond donors (Lipinski definition) is 2. The standard InChI is InChI=1S/C18H19N3O4S/c1-11-7-16(21-25-11)20-18(23)10-26-9-17(22)19-12(2)15-8-13-5-3-4-6-14(13)24-15/h3-8,12H,9-10H2,1-2H3,(H,19,22)(H,20,21,23)/t12-/m1/s1. The van der Waals surface area contributed by atoms with Gasteiger partial charge >= 0.3 is 0 Å². The van der Waals surface area contributed by atoms with Crippen molar-refractivity contribution in [3.63, 3.8) is 0 Å². The highest BCUT2D eigenvalue weighted by Crippen LogP contribution is 2.23. The van der Waals surface area contributed by atoms with Gasteiger partial charge in [-0.15, -0.1) is 11.8 Å². The molecule has 0 fully saturated rings. The molecule has 1 atom stereocenters. The predicted molar refractivity (Wildman–Crippen MR) is 100.0 cm³/mol. The average Bonchev–Trinajstić information content (AvgIpc) is 3.20. The molecule has 0 unspecified atom stereocenters. The zero-order valence-electron chi connectivity index (χ0n) is 14.4. The Hall–Kier alpha value is -2.74. The SMILES string of the molecule is Cc1cc(NC(=O)CSCC(=O)N[C@H](C)c2cc3ccccc3o2)no1. The Labute approximate surface area is 154 Å². The quantitative estimate of drug-likeness (QED) is 0.660.